The van der Waals surface area contributed by atoms with E-state index < -0.39 is 0 Å². The molecule has 0 saturated carbocycles. The topological polar surface area (TPSA) is 82.2 Å². The lowest BCUT2D eigenvalue weighted by Crippen LogP contribution is -2.28. The second-order valence-electron chi connectivity index (χ2n) is 4.76. The van der Waals surface area contributed by atoms with Crippen molar-refractivity contribution in [2.45, 2.75) is 19.4 Å². The van der Waals surface area contributed by atoms with Crippen LogP contribution in [0, 0.1) is 6.92 Å². The van der Waals surface area contributed by atoms with Crippen molar-refractivity contribution in [3.8, 4) is 5.69 Å². The summed E-state index contributed by atoms with van der Waals surface area (Å²) < 4.78 is 6.86. The van der Waals surface area contributed by atoms with Crippen LogP contribution in [-0.2, 0) is 9.53 Å². The van der Waals surface area contributed by atoms with Crippen LogP contribution in [0.5, 0.6) is 0 Å². The standard InChI is InChI=1S/C15H20N4O2/c1-11-7-8-19(18-11)14-6-4-3-5-13(14)17-15(20)9-12(10-16)21-2/h3-8,12H,9-10,16H2,1-2H3,(H,17,20). The van der Waals surface area contributed by atoms with Crippen molar-refractivity contribution in [2.75, 3.05) is 19.0 Å². The van der Waals surface area contributed by atoms with Crippen LogP contribution in [0.25, 0.3) is 5.69 Å². The molecular formula is C15H20N4O2. The zero-order valence-corrected chi connectivity index (χ0v) is 12.2. The molecule has 1 atom stereocenters. The lowest BCUT2D eigenvalue weighted by Gasteiger charge is -2.14. The Morgan fingerprint density at radius 2 is 2.19 bits per heavy atom. The first-order valence-corrected chi connectivity index (χ1v) is 6.78. The normalized spacial score (nSPS) is 12.1. The first kappa shape index (κ1) is 15.2. The smallest absolute Gasteiger partial charge is 0.227 e. The number of nitrogens with one attached hydrogen (secondary N) is 1. The number of carbonyl (C=O) groups is 1. The van der Waals surface area contributed by atoms with Crippen molar-refractivity contribution < 1.29 is 9.53 Å². The van der Waals surface area contributed by atoms with Gasteiger partial charge in [0.05, 0.1) is 29.6 Å². The van der Waals surface area contributed by atoms with Gasteiger partial charge in [0.2, 0.25) is 5.91 Å². The highest BCUT2D eigenvalue weighted by Gasteiger charge is 2.13. The number of amides is 1. The van der Waals surface area contributed by atoms with Gasteiger partial charge in [0, 0.05) is 19.9 Å². The molecule has 1 amide bonds. The summed E-state index contributed by atoms with van der Waals surface area (Å²) in [6.07, 6.45) is 1.81. The summed E-state index contributed by atoms with van der Waals surface area (Å²) >= 11 is 0. The fraction of sp³-hybridized carbons (Fsp3) is 0.333. The first-order chi connectivity index (χ1) is 10.1. The van der Waals surface area contributed by atoms with E-state index in [9.17, 15) is 4.79 Å². The number of para-hydroxylation sites is 2. The van der Waals surface area contributed by atoms with E-state index in [0.717, 1.165) is 11.4 Å². The number of anilines is 1. The summed E-state index contributed by atoms with van der Waals surface area (Å²) in [6.45, 7) is 2.23. The molecule has 0 saturated heterocycles. The number of nitrogens with zero attached hydrogens (tertiary/aromatic N) is 2. The summed E-state index contributed by atoms with van der Waals surface area (Å²) in [6, 6.07) is 9.42. The van der Waals surface area contributed by atoms with Gasteiger partial charge in [0.25, 0.3) is 0 Å². The minimum absolute atomic E-state index is 0.136. The van der Waals surface area contributed by atoms with Gasteiger partial charge in [-0.2, -0.15) is 5.10 Å². The van der Waals surface area contributed by atoms with Crippen LogP contribution in [0.4, 0.5) is 5.69 Å². The Balaban J connectivity index is 2.15. The summed E-state index contributed by atoms with van der Waals surface area (Å²) in [5.74, 6) is -0.136. The van der Waals surface area contributed by atoms with Gasteiger partial charge in [0.15, 0.2) is 0 Å². The van der Waals surface area contributed by atoms with Crippen LogP contribution in [0.15, 0.2) is 36.5 Å². The van der Waals surface area contributed by atoms with E-state index in [1.54, 1.807) is 11.8 Å². The molecule has 1 unspecified atom stereocenters. The number of ether oxygens (including phenoxy) is 1. The lowest BCUT2D eigenvalue weighted by molar-refractivity contribution is -0.118. The fourth-order valence-corrected chi connectivity index (χ4v) is 2.00. The number of aryl methyl sites for hydroxylation is 1. The van der Waals surface area contributed by atoms with Crippen LogP contribution in [-0.4, -0.2) is 35.4 Å². The number of benzene rings is 1. The highest BCUT2D eigenvalue weighted by molar-refractivity contribution is 5.93. The third-order valence-electron chi connectivity index (χ3n) is 3.16. The molecule has 2 aromatic rings. The molecule has 3 N–H and O–H groups in total. The van der Waals surface area contributed by atoms with E-state index >= 15 is 0 Å². The minimum atomic E-state index is -0.274. The Morgan fingerprint density at radius 1 is 1.43 bits per heavy atom. The molecule has 0 fully saturated rings. The van der Waals surface area contributed by atoms with Gasteiger partial charge < -0.3 is 15.8 Å². The van der Waals surface area contributed by atoms with E-state index in [0.29, 0.717) is 12.2 Å². The number of carbonyl (C=O) groups excluding carboxylic acids is 1. The van der Waals surface area contributed by atoms with Crippen LogP contribution in [0.2, 0.25) is 0 Å². The fourth-order valence-electron chi connectivity index (χ4n) is 2.00. The predicted octanol–water partition coefficient (Wildman–Crippen LogP) is 1.48. The van der Waals surface area contributed by atoms with Crippen LogP contribution in [0.3, 0.4) is 0 Å². The Bertz CT molecular complexity index is 605. The number of nitrogens with two attached hydrogens (primary N) is 1. The predicted molar refractivity (Wildman–Crippen MR) is 81.4 cm³/mol. The van der Waals surface area contributed by atoms with Crippen molar-refractivity contribution in [3.63, 3.8) is 0 Å². The maximum Gasteiger partial charge on any atom is 0.227 e. The Hall–Kier alpha value is -2.18. The molecule has 1 heterocycles. The SMILES string of the molecule is COC(CN)CC(=O)Nc1ccccc1-n1ccc(C)n1. The molecular weight excluding hydrogens is 268 g/mol. The molecule has 2 rings (SSSR count). The van der Waals surface area contributed by atoms with Crippen molar-refractivity contribution in [1.29, 1.82) is 0 Å². The minimum Gasteiger partial charge on any atom is -0.380 e. The van der Waals surface area contributed by atoms with Gasteiger partial charge in [-0.3, -0.25) is 4.79 Å². The van der Waals surface area contributed by atoms with Crippen LogP contribution < -0.4 is 11.1 Å². The zero-order valence-electron chi connectivity index (χ0n) is 12.2. The number of aromatic nitrogens is 2. The summed E-state index contributed by atoms with van der Waals surface area (Å²) in [5, 5.41) is 7.24. The van der Waals surface area contributed by atoms with Crippen molar-refractivity contribution in [3.05, 3.63) is 42.2 Å². The van der Waals surface area contributed by atoms with Crippen molar-refractivity contribution in [2.24, 2.45) is 5.73 Å². The molecule has 1 aromatic carbocycles. The summed E-state index contributed by atoms with van der Waals surface area (Å²) in [7, 11) is 1.55. The molecule has 112 valence electrons. The molecule has 0 radical (unpaired) electrons. The van der Waals surface area contributed by atoms with Crippen molar-refractivity contribution in [1.82, 2.24) is 9.78 Å². The van der Waals surface area contributed by atoms with Crippen molar-refractivity contribution >= 4 is 11.6 Å². The molecule has 0 aliphatic rings. The highest BCUT2D eigenvalue weighted by atomic mass is 16.5. The lowest BCUT2D eigenvalue weighted by atomic mass is 10.2. The molecule has 21 heavy (non-hydrogen) atoms. The monoisotopic (exact) mass is 288 g/mol. The number of rotatable bonds is 6. The number of methoxy groups -OCH3 is 1. The maximum absolute atomic E-state index is 12.1. The molecule has 0 bridgehead atoms. The van der Waals surface area contributed by atoms with Gasteiger partial charge in [-0.05, 0) is 25.1 Å². The van der Waals surface area contributed by atoms with Gasteiger partial charge >= 0.3 is 0 Å². The zero-order chi connectivity index (χ0) is 15.2. The first-order valence-electron chi connectivity index (χ1n) is 6.78. The van der Waals surface area contributed by atoms with E-state index in [2.05, 4.69) is 10.4 Å². The Labute approximate surface area is 123 Å². The highest BCUT2D eigenvalue weighted by Crippen LogP contribution is 2.19. The average molecular weight is 288 g/mol. The van der Waals surface area contributed by atoms with E-state index in [1.807, 2.05) is 43.5 Å². The van der Waals surface area contributed by atoms with Gasteiger partial charge in [-0.25, -0.2) is 4.68 Å². The number of hydrogen-bond donors (Lipinski definition) is 2. The molecule has 6 nitrogen and oxygen atoms in total. The van der Waals surface area contributed by atoms with Crippen LogP contribution >= 0.6 is 0 Å². The number of hydrogen-bond acceptors (Lipinski definition) is 4. The Morgan fingerprint density at radius 3 is 2.81 bits per heavy atom. The third kappa shape index (κ3) is 3.90. The van der Waals surface area contributed by atoms with E-state index in [-0.39, 0.29) is 18.4 Å². The van der Waals surface area contributed by atoms with Gasteiger partial charge in [0.1, 0.15) is 0 Å². The molecule has 6 heteroatoms. The largest absolute Gasteiger partial charge is 0.380 e. The summed E-state index contributed by atoms with van der Waals surface area (Å²) in [5.41, 5.74) is 7.97. The second-order valence-corrected chi connectivity index (χ2v) is 4.76. The molecule has 1 aromatic heterocycles. The maximum atomic E-state index is 12.1. The third-order valence-corrected chi connectivity index (χ3v) is 3.16. The quantitative estimate of drug-likeness (QED) is 0.843. The van der Waals surface area contributed by atoms with Gasteiger partial charge in [-0.1, -0.05) is 12.1 Å². The Kier molecular flexibility index (Phi) is 5.08. The summed E-state index contributed by atoms with van der Waals surface area (Å²) in [4.78, 5) is 12.1. The second kappa shape index (κ2) is 7.01. The van der Waals surface area contributed by atoms with Crippen LogP contribution in [0.1, 0.15) is 12.1 Å². The van der Waals surface area contributed by atoms with E-state index in [4.69, 9.17) is 10.5 Å². The van der Waals surface area contributed by atoms with Gasteiger partial charge in [-0.15, -0.1) is 0 Å². The average Bonchev–Trinajstić information content (AvgIpc) is 2.91. The molecule has 0 aliphatic heterocycles. The molecule has 0 aliphatic carbocycles. The van der Waals surface area contributed by atoms with E-state index in [1.165, 1.54) is 0 Å². The molecule has 0 spiro atoms.